The molecular formula is C19H22N2O9. The summed E-state index contributed by atoms with van der Waals surface area (Å²) in [5.41, 5.74) is -0.843. The molecule has 0 unspecified atom stereocenters. The van der Waals surface area contributed by atoms with Gasteiger partial charge in [0.1, 0.15) is 29.3 Å². The van der Waals surface area contributed by atoms with Crippen molar-refractivity contribution >= 4 is 5.97 Å². The highest BCUT2D eigenvalue weighted by Gasteiger charge is 2.47. The van der Waals surface area contributed by atoms with Crippen LogP contribution in [0.4, 0.5) is 0 Å². The van der Waals surface area contributed by atoms with Crippen molar-refractivity contribution in [1.82, 2.24) is 9.55 Å². The molecule has 3 rings (SSSR count). The van der Waals surface area contributed by atoms with Crippen molar-refractivity contribution in [2.45, 2.75) is 31.5 Å². The van der Waals surface area contributed by atoms with Crippen LogP contribution in [-0.2, 0) is 9.47 Å². The van der Waals surface area contributed by atoms with E-state index in [0.717, 1.165) is 16.8 Å². The summed E-state index contributed by atoms with van der Waals surface area (Å²) in [6.07, 6.45) is -3.99. The molecule has 0 bridgehead atoms. The number of aromatic nitrogens is 2. The number of hydrogen-bond donors (Lipinski definition) is 3. The average molecular weight is 422 g/mol. The molecule has 11 nitrogen and oxygen atoms in total. The van der Waals surface area contributed by atoms with Crippen molar-refractivity contribution in [3.8, 4) is 11.5 Å². The lowest BCUT2D eigenvalue weighted by atomic mass is 10.1. The SMILES string of the molecule is COc1cc(C)c(C(=O)O[C@@H]2[C@H](O)[C@@H](CO)O[C@H]2n2ccc(=O)[nH]c2=O)c(OC)c1. The van der Waals surface area contributed by atoms with Crippen LogP contribution < -0.4 is 20.7 Å². The highest BCUT2D eigenvalue weighted by atomic mass is 16.6. The summed E-state index contributed by atoms with van der Waals surface area (Å²) in [7, 11) is 2.85. The first-order valence-electron chi connectivity index (χ1n) is 9.00. The average Bonchev–Trinajstić information content (AvgIpc) is 3.02. The summed E-state index contributed by atoms with van der Waals surface area (Å²) in [5, 5.41) is 20.0. The number of rotatable bonds is 6. The standard InChI is InChI=1S/C19H22N2O9/c1-9-6-10(27-2)7-11(28-3)14(9)18(25)30-16-15(24)12(8-22)29-17(16)21-5-4-13(23)20-19(21)26/h4-7,12,15-17,22,24H,8H2,1-3H3,(H,20,23,26)/t12-,15-,16-,17-/m1/s1. The normalized spacial score (nSPS) is 23.2. The van der Waals surface area contributed by atoms with E-state index < -0.39 is 48.4 Å². The molecule has 4 atom stereocenters. The predicted octanol–water partition coefficient (Wildman–Crippen LogP) is -0.662. The third-order valence-corrected chi connectivity index (χ3v) is 4.79. The van der Waals surface area contributed by atoms with Crippen molar-refractivity contribution in [2.24, 2.45) is 0 Å². The largest absolute Gasteiger partial charge is 0.497 e. The second kappa shape index (κ2) is 8.69. The lowest BCUT2D eigenvalue weighted by Crippen LogP contribution is -2.40. The second-order valence-electron chi connectivity index (χ2n) is 6.65. The first kappa shape index (κ1) is 21.6. The van der Waals surface area contributed by atoms with Gasteiger partial charge in [-0.3, -0.25) is 14.3 Å². The maximum atomic E-state index is 12.9. The Labute approximate surface area is 170 Å². The molecular weight excluding hydrogens is 400 g/mol. The molecule has 3 N–H and O–H groups in total. The molecule has 1 aliphatic heterocycles. The molecule has 2 aromatic rings. The Bertz CT molecular complexity index is 1050. The van der Waals surface area contributed by atoms with Gasteiger partial charge >= 0.3 is 11.7 Å². The molecule has 0 saturated carbocycles. The number of aliphatic hydroxyl groups excluding tert-OH is 2. The Balaban J connectivity index is 1.97. The highest BCUT2D eigenvalue weighted by molar-refractivity contribution is 5.94. The minimum Gasteiger partial charge on any atom is -0.497 e. The zero-order valence-corrected chi connectivity index (χ0v) is 16.5. The summed E-state index contributed by atoms with van der Waals surface area (Å²) in [5.74, 6) is -0.161. The number of methoxy groups -OCH3 is 2. The number of H-pyrrole nitrogens is 1. The molecule has 0 radical (unpaired) electrons. The molecule has 2 heterocycles. The number of carbonyl (C=O) groups excluding carboxylic acids is 1. The number of hydrogen-bond acceptors (Lipinski definition) is 9. The molecule has 1 aromatic carbocycles. The van der Waals surface area contributed by atoms with E-state index in [0.29, 0.717) is 11.3 Å². The van der Waals surface area contributed by atoms with Gasteiger partial charge < -0.3 is 29.2 Å². The third kappa shape index (κ3) is 3.95. The van der Waals surface area contributed by atoms with Crippen LogP contribution in [0.2, 0.25) is 0 Å². The van der Waals surface area contributed by atoms with Gasteiger partial charge in [-0.15, -0.1) is 0 Å². The van der Waals surface area contributed by atoms with Crippen molar-refractivity contribution < 1.29 is 34.0 Å². The van der Waals surface area contributed by atoms with Crippen LogP contribution in [0.5, 0.6) is 11.5 Å². The van der Waals surface area contributed by atoms with Crippen LogP contribution >= 0.6 is 0 Å². The third-order valence-electron chi connectivity index (χ3n) is 4.79. The fraction of sp³-hybridized carbons (Fsp3) is 0.421. The van der Waals surface area contributed by atoms with Crippen molar-refractivity contribution in [3.05, 3.63) is 56.4 Å². The Hall–Kier alpha value is -3.15. The maximum absolute atomic E-state index is 12.9. The number of carbonyl (C=O) groups is 1. The lowest BCUT2D eigenvalue weighted by molar-refractivity contribution is -0.0604. The Morgan fingerprint density at radius 1 is 1.27 bits per heavy atom. The first-order valence-corrected chi connectivity index (χ1v) is 9.00. The molecule has 1 fully saturated rings. The van der Waals surface area contributed by atoms with Gasteiger partial charge in [-0.1, -0.05) is 0 Å². The summed E-state index contributed by atoms with van der Waals surface area (Å²) < 4.78 is 22.4. The summed E-state index contributed by atoms with van der Waals surface area (Å²) >= 11 is 0. The summed E-state index contributed by atoms with van der Waals surface area (Å²) in [6.45, 7) is 1.08. The lowest BCUT2D eigenvalue weighted by Gasteiger charge is -2.23. The summed E-state index contributed by atoms with van der Waals surface area (Å²) in [4.78, 5) is 38.5. The minimum atomic E-state index is -1.42. The number of nitrogens with one attached hydrogen (secondary N) is 1. The zero-order valence-electron chi connectivity index (χ0n) is 16.5. The van der Waals surface area contributed by atoms with Gasteiger partial charge in [0.05, 0.1) is 20.8 Å². The van der Waals surface area contributed by atoms with Gasteiger partial charge in [-0.2, -0.15) is 0 Å². The molecule has 1 aromatic heterocycles. The van der Waals surface area contributed by atoms with Crippen LogP contribution in [0.3, 0.4) is 0 Å². The molecule has 1 saturated heterocycles. The molecule has 0 aliphatic carbocycles. The van der Waals surface area contributed by atoms with Gasteiger partial charge in [-0.25, -0.2) is 9.59 Å². The van der Waals surface area contributed by atoms with E-state index in [1.165, 1.54) is 20.3 Å². The molecule has 11 heteroatoms. The molecule has 1 aliphatic rings. The van der Waals surface area contributed by atoms with E-state index in [1.54, 1.807) is 13.0 Å². The molecule has 0 spiro atoms. The number of benzene rings is 1. The number of nitrogens with zero attached hydrogens (tertiary/aromatic N) is 1. The topological polar surface area (TPSA) is 149 Å². The number of esters is 1. The van der Waals surface area contributed by atoms with Crippen LogP contribution in [0.15, 0.2) is 34.0 Å². The van der Waals surface area contributed by atoms with Gasteiger partial charge in [0, 0.05) is 18.3 Å². The van der Waals surface area contributed by atoms with Crippen LogP contribution in [0.25, 0.3) is 0 Å². The van der Waals surface area contributed by atoms with E-state index in [-0.39, 0.29) is 11.3 Å². The molecule has 162 valence electrons. The van der Waals surface area contributed by atoms with E-state index in [4.69, 9.17) is 18.9 Å². The fourth-order valence-corrected chi connectivity index (χ4v) is 3.29. The second-order valence-corrected chi connectivity index (χ2v) is 6.65. The first-order chi connectivity index (χ1) is 14.3. The van der Waals surface area contributed by atoms with Gasteiger partial charge in [0.15, 0.2) is 12.3 Å². The van der Waals surface area contributed by atoms with E-state index >= 15 is 0 Å². The monoisotopic (exact) mass is 422 g/mol. The van der Waals surface area contributed by atoms with E-state index in [1.807, 2.05) is 0 Å². The van der Waals surface area contributed by atoms with Gasteiger partial charge in [-0.05, 0) is 18.6 Å². The maximum Gasteiger partial charge on any atom is 0.342 e. The van der Waals surface area contributed by atoms with E-state index in [2.05, 4.69) is 4.98 Å². The summed E-state index contributed by atoms with van der Waals surface area (Å²) in [6, 6.07) is 4.20. The Kier molecular flexibility index (Phi) is 6.25. The zero-order chi connectivity index (χ0) is 22.0. The van der Waals surface area contributed by atoms with Crippen LogP contribution in [0, 0.1) is 6.92 Å². The molecule has 0 amide bonds. The quantitative estimate of drug-likeness (QED) is 0.516. The minimum absolute atomic E-state index is 0.102. The molecule has 30 heavy (non-hydrogen) atoms. The Morgan fingerprint density at radius 2 is 2.00 bits per heavy atom. The number of ether oxygens (including phenoxy) is 4. The van der Waals surface area contributed by atoms with Gasteiger partial charge in [0.2, 0.25) is 0 Å². The van der Waals surface area contributed by atoms with Crippen molar-refractivity contribution in [1.29, 1.82) is 0 Å². The fourth-order valence-electron chi connectivity index (χ4n) is 3.29. The van der Waals surface area contributed by atoms with Gasteiger partial charge in [0.25, 0.3) is 5.56 Å². The van der Waals surface area contributed by atoms with Crippen LogP contribution in [-0.4, -0.2) is 64.9 Å². The highest BCUT2D eigenvalue weighted by Crippen LogP contribution is 2.34. The van der Waals surface area contributed by atoms with Crippen LogP contribution in [0.1, 0.15) is 22.1 Å². The predicted molar refractivity (Wildman–Crippen MR) is 102 cm³/mol. The smallest absolute Gasteiger partial charge is 0.342 e. The van der Waals surface area contributed by atoms with Crippen molar-refractivity contribution in [3.63, 3.8) is 0 Å². The number of aryl methyl sites for hydroxylation is 1. The van der Waals surface area contributed by atoms with E-state index in [9.17, 15) is 24.6 Å². The number of aromatic amines is 1. The Morgan fingerprint density at radius 3 is 2.60 bits per heavy atom. The number of aliphatic hydroxyl groups is 2. The van der Waals surface area contributed by atoms with Crippen molar-refractivity contribution in [2.75, 3.05) is 20.8 Å².